The lowest BCUT2D eigenvalue weighted by Gasteiger charge is -2.11. The standard InChI is InChI=1S/C17H16O3/c1-12-7-6-10-15(13(2)18)17(12)20-16(19)11-14-8-4-3-5-9-14/h3-10H,11H2,1-2H3. The van der Waals surface area contributed by atoms with Gasteiger partial charge < -0.3 is 4.74 Å². The van der Waals surface area contributed by atoms with E-state index in [-0.39, 0.29) is 18.2 Å². The SMILES string of the molecule is CC(=O)c1cccc(C)c1OC(=O)Cc1ccccc1. The van der Waals surface area contributed by atoms with Crippen molar-refractivity contribution in [2.45, 2.75) is 20.3 Å². The molecular weight excluding hydrogens is 252 g/mol. The number of Topliss-reactive ketones (excluding diaryl/α,β-unsaturated/α-hetero) is 1. The molecule has 0 unspecified atom stereocenters. The van der Waals surface area contributed by atoms with Crippen LogP contribution in [0, 0.1) is 6.92 Å². The van der Waals surface area contributed by atoms with E-state index in [2.05, 4.69) is 0 Å². The summed E-state index contributed by atoms with van der Waals surface area (Å²) < 4.78 is 5.38. The molecule has 0 N–H and O–H groups in total. The largest absolute Gasteiger partial charge is 0.425 e. The van der Waals surface area contributed by atoms with Gasteiger partial charge in [-0.3, -0.25) is 9.59 Å². The van der Waals surface area contributed by atoms with Gasteiger partial charge in [0.1, 0.15) is 5.75 Å². The predicted molar refractivity (Wildman–Crippen MR) is 77.0 cm³/mol. The fraction of sp³-hybridized carbons (Fsp3) is 0.176. The molecule has 2 aromatic rings. The molecular formula is C17H16O3. The number of ketones is 1. The summed E-state index contributed by atoms with van der Waals surface area (Å²) in [6.45, 7) is 3.28. The van der Waals surface area contributed by atoms with Crippen LogP contribution in [-0.2, 0) is 11.2 Å². The van der Waals surface area contributed by atoms with Crippen LogP contribution in [0.25, 0.3) is 0 Å². The van der Waals surface area contributed by atoms with Crippen molar-refractivity contribution >= 4 is 11.8 Å². The normalized spacial score (nSPS) is 10.1. The lowest BCUT2D eigenvalue weighted by molar-refractivity contribution is -0.133. The van der Waals surface area contributed by atoms with E-state index in [9.17, 15) is 9.59 Å². The van der Waals surface area contributed by atoms with E-state index < -0.39 is 0 Å². The highest BCUT2D eigenvalue weighted by atomic mass is 16.5. The third-order valence-corrected chi connectivity index (χ3v) is 3.00. The number of benzene rings is 2. The summed E-state index contributed by atoms with van der Waals surface area (Å²) in [4.78, 5) is 23.5. The topological polar surface area (TPSA) is 43.4 Å². The molecule has 2 aromatic carbocycles. The second kappa shape index (κ2) is 6.15. The Morgan fingerprint density at radius 3 is 2.35 bits per heavy atom. The van der Waals surface area contributed by atoms with Gasteiger partial charge in [-0.1, -0.05) is 42.5 Å². The first-order valence-electron chi connectivity index (χ1n) is 6.43. The van der Waals surface area contributed by atoms with Crippen LogP contribution >= 0.6 is 0 Å². The fourth-order valence-electron chi connectivity index (χ4n) is 1.98. The van der Waals surface area contributed by atoms with Crippen molar-refractivity contribution in [1.82, 2.24) is 0 Å². The van der Waals surface area contributed by atoms with Crippen molar-refractivity contribution in [1.29, 1.82) is 0 Å². The van der Waals surface area contributed by atoms with Gasteiger partial charge in [0.25, 0.3) is 0 Å². The molecule has 0 bridgehead atoms. The van der Waals surface area contributed by atoms with E-state index in [1.165, 1.54) is 6.92 Å². The summed E-state index contributed by atoms with van der Waals surface area (Å²) in [5.41, 5.74) is 2.10. The van der Waals surface area contributed by atoms with Crippen LogP contribution in [0.2, 0.25) is 0 Å². The third kappa shape index (κ3) is 3.32. The smallest absolute Gasteiger partial charge is 0.315 e. The minimum atomic E-state index is -0.368. The molecule has 2 rings (SSSR count). The van der Waals surface area contributed by atoms with E-state index in [0.29, 0.717) is 11.3 Å². The number of aryl methyl sites for hydroxylation is 1. The quantitative estimate of drug-likeness (QED) is 0.485. The van der Waals surface area contributed by atoms with E-state index in [4.69, 9.17) is 4.74 Å². The first-order valence-corrected chi connectivity index (χ1v) is 6.43. The van der Waals surface area contributed by atoms with Gasteiger partial charge in [-0.2, -0.15) is 0 Å². The molecule has 0 aromatic heterocycles. The van der Waals surface area contributed by atoms with Crippen molar-refractivity contribution in [3.05, 3.63) is 65.2 Å². The molecule has 0 saturated carbocycles. The molecule has 0 amide bonds. The predicted octanol–water partition coefficient (Wildman–Crippen LogP) is 3.35. The van der Waals surface area contributed by atoms with Gasteiger partial charge in [-0.05, 0) is 31.0 Å². The van der Waals surface area contributed by atoms with Gasteiger partial charge in [-0.15, -0.1) is 0 Å². The minimum absolute atomic E-state index is 0.115. The van der Waals surface area contributed by atoms with E-state index >= 15 is 0 Å². The Balaban J connectivity index is 2.18. The summed E-state index contributed by atoms with van der Waals surface area (Å²) in [6, 6.07) is 14.6. The molecule has 3 heteroatoms. The first kappa shape index (κ1) is 14.0. The summed E-state index contributed by atoms with van der Waals surface area (Å²) in [5.74, 6) is -0.120. The van der Waals surface area contributed by atoms with Gasteiger partial charge in [0.2, 0.25) is 0 Å². The Morgan fingerprint density at radius 1 is 1.00 bits per heavy atom. The molecule has 0 aliphatic heterocycles. The van der Waals surface area contributed by atoms with E-state index in [1.807, 2.05) is 43.3 Å². The number of rotatable bonds is 4. The number of carbonyl (C=O) groups is 2. The van der Waals surface area contributed by atoms with Gasteiger partial charge in [0.05, 0.1) is 12.0 Å². The van der Waals surface area contributed by atoms with Crippen LogP contribution in [0.5, 0.6) is 5.75 Å². The molecule has 102 valence electrons. The molecule has 0 saturated heterocycles. The molecule has 0 spiro atoms. The summed E-state index contributed by atoms with van der Waals surface area (Å²) in [7, 11) is 0. The third-order valence-electron chi connectivity index (χ3n) is 3.00. The maximum Gasteiger partial charge on any atom is 0.315 e. The second-order valence-electron chi connectivity index (χ2n) is 4.64. The highest BCUT2D eigenvalue weighted by Gasteiger charge is 2.15. The summed E-state index contributed by atoms with van der Waals surface area (Å²) >= 11 is 0. The van der Waals surface area contributed by atoms with Crippen LogP contribution in [-0.4, -0.2) is 11.8 Å². The average Bonchev–Trinajstić information content (AvgIpc) is 2.42. The minimum Gasteiger partial charge on any atom is -0.425 e. The molecule has 0 heterocycles. The Morgan fingerprint density at radius 2 is 1.70 bits per heavy atom. The molecule has 20 heavy (non-hydrogen) atoms. The fourth-order valence-corrected chi connectivity index (χ4v) is 1.98. The second-order valence-corrected chi connectivity index (χ2v) is 4.64. The molecule has 0 aliphatic rings. The Kier molecular flexibility index (Phi) is 4.31. The molecule has 0 radical (unpaired) electrons. The van der Waals surface area contributed by atoms with Crippen LogP contribution in [0.3, 0.4) is 0 Å². The van der Waals surface area contributed by atoms with Crippen molar-refractivity contribution < 1.29 is 14.3 Å². The zero-order chi connectivity index (χ0) is 14.5. The average molecular weight is 268 g/mol. The Bertz CT molecular complexity index is 630. The lowest BCUT2D eigenvalue weighted by Crippen LogP contribution is -2.14. The maximum absolute atomic E-state index is 12.0. The number of hydrogen-bond donors (Lipinski definition) is 0. The monoisotopic (exact) mass is 268 g/mol. The van der Waals surface area contributed by atoms with Crippen LogP contribution in [0.1, 0.15) is 28.4 Å². The van der Waals surface area contributed by atoms with Crippen molar-refractivity contribution in [2.75, 3.05) is 0 Å². The van der Waals surface area contributed by atoms with Crippen molar-refractivity contribution in [3.8, 4) is 5.75 Å². The molecule has 0 aliphatic carbocycles. The number of esters is 1. The van der Waals surface area contributed by atoms with Crippen LogP contribution in [0.15, 0.2) is 48.5 Å². The highest BCUT2D eigenvalue weighted by molar-refractivity contribution is 5.98. The van der Waals surface area contributed by atoms with Crippen molar-refractivity contribution in [2.24, 2.45) is 0 Å². The zero-order valence-electron chi connectivity index (χ0n) is 11.6. The van der Waals surface area contributed by atoms with Gasteiger partial charge in [0, 0.05) is 0 Å². The highest BCUT2D eigenvalue weighted by Crippen LogP contribution is 2.24. The van der Waals surface area contributed by atoms with Gasteiger partial charge in [0.15, 0.2) is 5.78 Å². The summed E-state index contributed by atoms with van der Waals surface area (Å²) in [5, 5.41) is 0. The Hall–Kier alpha value is -2.42. The van der Waals surface area contributed by atoms with E-state index in [0.717, 1.165) is 11.1 Å². The molecule has 0 atom stereocenters. The lowest BCUT2D eigenvalue weighted by atomic mass is 10.1. The van der Waals surface area contributed by atoms with Crippen LogP contribution in [0.4, 0.5) is 0 Å². The molecule has 3 nitrogen and oxygen atoms in total. The first-order chi connectivity index (χ1) is 9.58. The Labute approximate surface area is 118 Å². The number of ether oxygens (including phenoxy) is 1. The maximum atomic E-state index is 12.0. The van der Waals surface area contributed by atoms with E-state index in [1.54, 1.807) is 12.1 Å². The zero-order valence-corrected chi connectivity index (χ0v) is 11.6. The number of para-hydroxylation sites is 1. The van der Waals surface area contributed by atoms with Crippen molar-refractivity contribution in [3.63, 3.8) is 0 Å². The van der Waals surface area contributed by atoms with Gasteiger partial charge in [-0.25, -0.2) is 0 Å². The van der Waals surface area contributed by atoms with Gasteiger partial charge >= 0.3 is 5.97 Å². The number of hydrogen-bond acceptors (Lipinski definition) is 3. The van der Waals surface area contributed by atoms with Crippen LogP contribution < -0.4 is 4.74 Å². The summed E-state index contributed by atoms with van der Waals surface area (Å²) in [6.07, 6.45) is 0.187. The number of carbonyl (C=O) groups excluding carboxylic acids is 2. The molecule has 0 fully saturated rings.